The molecule has 86 valence electrons. The number of hydrogen-bond acceptors (Lipinski definition) is 3. The average molecular weight is 219 g/mol. The molecule has 1 aliphatic heterocycles. The molecule has 1 heterocycles. The Bertz CT molecular complexity index is 374. The van der Waals surface area contributed by atoms with Gasteiger partial charge in [-0.2, -0.15) is 0 Å². The maximum absolute atomic E-state index is 5.38. The molecule has 2 rings (SSSR count). The quantitative estimate of drug-likeness (QED) is 0.789. The molecule has 3 nitrogen and oxygen atoms in total. The highest BCUT2D eigenvalue weighted by Crippen LogP contribution is 2.17. The number of nitrogens with one attached hydrogen (secondary N) is 1. The van der Waals surface area contributed by atoms with Crippen LogP contribution in [-0.2, 0) is 4.74 Å². The summed E-state index contributed by atoms with van der Waals surface area (Å²) in [7, 11) is 1.68. The number of ether oxygens (including phenoxy) is 2. The van der Waals surface area contributed by atoms with Gasteiger partial charge in [-0.3, -0.25) is 0 Å². The first kappa shape index (κ1) is 11.0. The van der Waals surface area contributed by atoms with Crippen LogP contribution in [0.15, 0.2) is 35.9 Å². The lowest BCUT2D eigenvalue weighted by molar-refractivity contribution is 0.150. The van der Waals surface area contributed by atoms with E-state index >= 15 is 0 Å². The van der Waals surface area contributed by atoms with Crippen LogP contribution in [0.4, 0.5) is 5.69 Å². The molecule has 0 bridgehead atoms. The summed E-state index contributed by atoms with van der Waals surface area (Å²) >= 11 is 0. The van der Waals surface area contributed by atoms with Crippen LogP contribution in [0.2, 0.25) is 0 Å². The summed E-state index contributed by atoms with van der Waals surface area (Å²) in [5.74, 6) is 0.874. The van der Waals surface area contributed by atoms with Gasteiger partial charge in [-0.25, -0.2) is 0 Å². The standard InChI is InChI=1S/C13H17NO2/c1-15-13-6-2-5-12(8-13)14-9-11-4-3-7-16-10-11/h2,4-6,8,14H,3,7,9-10H2,1H3. The minimum absolute atomic E-state index is 0.747. The Labute approximate surface area is 96.1 Å². The lowest BCUT2D eigenvalue weighted by atomic mass is 10.2. The predicted molar refractivity (Wildman–Crippen MR) is 65.0 cm³/mol. The van der Waals surface area contributed by atoms with E-state index in [1.807, 2.05) is 24.3 Å². The average Bonchev–Trinajstić information content (AvgIpc) is 2.38. The van der Waals surface area contributed by atoms with Crippen molar-refractivity contribution < 1.29 is 9.47 Å². The molecule has 3 heteroatoms. The summed E-state index contributed by atoms with van der Waals surface area (Å²) < 4.78 is 10.5. The maximum Gasteiger partial charge on any atom is 0.120 e. The van der Waals surface area contributed by atoms with Crippen molar-refractivity contribution in [2.24, 2.45) is 0 Å². The molecule has 0 saturated heterocycles. The highest BCUT2D eigenvalue weighted by molar-refractivity contribution is 5.49. The zero-order valence-electron chi connectivity index (χ0n) is 9.53. The number of anilines is 1. The van der Waals surface area contributed by atoms with Crippen LogP contribution in [0.25, 0.3) is 0 Å². The van der Waals surface area contributed by atoms with E-state index in [0.717, 1.165) is 37.6 Å². The van der Waals surface area contributed by atoms with E-state index in [2.05, 4.69) is 11.4 Å². The Balaban J connectivity index is 1.91. The first-order valence-electron chi connectivity index (χ1n) is 5.52. The first-order chi connectivity index (χ1) is 7.88. The third-order valence-corrected chi connectivity index (χ3v) is 2.57. The molecule has 0 spiro atoms. The van der Waals surface area contributed by atoms with E-state index in [0.29, 0.717) is 0 Å². The van der Waals surface area contributed by atoms with Gasteiger partial charge in [0.05, 0.1) is 20.3 Å². The van der Waals surface area contributed by atoms with Crippen molar-refractivity contribution in [3.63, 3.8) is 0 Å². The number of methoxy groups -OCH3 is 1. The van der Waals surface area contributed by atoms with Crippen molar-refractivity contribution in [2.45, 2.75) is 6.42 Å². The Morgan fingerprint density at radius 3 is 3.12 bits per heavy atom. The molecular weight excluding hydrogens is 202 g/mol. The van der Waals surface area contributed by atoms with Crippen LogP contribution in [0, 0.1) is 0 Å². The Kier molecular flexibility index (Phi) is 3.83. The molecule has 0 fully saturated rings. The number of hydrogen-bond donors (Lipinski definition) is 1. The fraction of sp³-hybridized carbons (Fsp3) is 0.385. The summed E-state index contributed by atoms with van der Waals surface area (Å²) in [6.45, 7) is 2.44. The van der Waals surface area contributed by atoms with Gasteiger partial charge in [-0.05, 0) is 24.1 Å². The van der Waals surface area contributed by atoms with E-state index in [9.17, 15) is 0 Å². The molecule has 1 aliphatic rings. The van der Waals surface area contributed by atoms with Gasteiger partial charge in [0.1, 0.15) is 5.75 Å². The molecule has 16 heavy (non-hydrogen) atoms. The van der Waals surface area contributed by atoms with E-state index < -0.39 is 0 Å². The number of benzene rings is 1. The van der Waals surface area contributed by atoms with E-state index in [-0.39, 0.29) is 0 Å². The van der Waals surface area contributed by atoms with Crippen molar-refractivity contribution in [1.29, 1.82) is 0 Å². The lowest BCUT2D eigenvalue weighted by Gasteiger charge is -2.15. The van der Waals surface area contributed by atoms with Crippen molar-refractivity contribution in [1.82, 2.24) is 0 Å². The molecule has 0 amide bonds. The molecule has 1 aromatic rings. The molecule has 0 saturated carbocycles. The number of rotatable bonds is 4. The summed E-state index contributed by atoms with van der Waals surface area (Å²) in [6.07, 6.45) is 3.27. The molecule has 1 N–H and O–H groups in total. The largest absolute Gasteiger partial charge is 0.497 e. The topological polar surface area (TPSA) is 30.5 Å². The molecule has 0 radical (unpaired) electrons. The second-order valence-electron chi connectivity index (χ2n) is 3.79. The van der Waals surface area contributed by atoms with Crippen molar-refractivity contribution in [3.8, 4) is 5.75 Å². The van der Waals surface area contributed by atoms with Gasteiger partial charge >= 0.3 is 0 Å². The van der Waals surface area contributed by atoms with Crippen LogP contribution >= 0.6 is 0 Å². The third kappa shape index (κ3) is 3.00. The van der Waals surface area contributed by atoms with E-state index in [4.69, 9.17) is 9.47 Å². The van der Waals surface area contributed by atoms with Crippen LogP contribution in [0.3, 0.4) is 0 Å². The summed E-state index contributed by atoms with van der Waals surface area (Å²) in [6, 6.07) is 7.94. The minimum atomic E-state index is 0.747. The molecule has 1 aromatic carbocycles. The van der Waals surface area contributed by atoms with Crippen molar-refractivity contribution in [2.75, 3.05) is 32.2 Å². The van der Waals surface area contributed by atoms with Crippen LogP contribution in [0.5, 0.6) is 5.75 Å². The van der Waals surface area contributed by atoms with Crippen molar-refractivity contribution >= 4 is 5.69 Å². The van der Waals surface area contributed by atoms with Crippen LogP contribution in [-0.4, -0.2) is 26.9 Å². The highest BCUT2D eigenvalue weighted by atomic mass is 16.5. The second-order valence-corrected chi connectivity index (χ2v) is 3.79. The zero-order chi connectivity index (χ0) is 11.2. The Hall–Kier alpha value is -1.48. The van der Waals surface area contributed by atoms with Gasteiger partial charge in [0.25, 0.3) is 0 Å². The van der Waals surface area contributed by atoms with Crippen molar-refractivity contribution in [3.05, 3.63) is 35.9 Å². The van der Waals surface area contributed by atoms with Crippen LogP contribution < -0.4 is 10.1 Å². The smallest absolute Gasteiger partial charge is 0.120 e. The Morgan fingerprint density at radius 1 is 1.44 bits per heavy atom. The lowest BCUT2D eigenvalue weighted by Crippen LogP contribution is -2.13. The molecule has 0 aliphatic carbocycles. The monoisotopic (exact) mass is 219 g/mol. The fourth-order valence-electron chi connectivity index (χ4n) is 1.68. The Morgan fingerprint density at radius 2 is 2.38 bits per heavy atom. The van der Waals surface area contributed by atoms with Crippen LogP contribution in [0.1, 0.15) is 6.42 Å². The molecule has 0 atom stereocenters. The van der Waals surface area contributed by atoms with Gasteiger partial charge in [0, 0.05) is 18.3 Å². The molecule has 0 aromatic heterocycles. The zero-order valence-corrected chi connectivity index (χ0v) is 9.53. The SMILES string of the molecule is COc1cccc(NCC2=CCCOC2)c1. The molecular formula is C13H17NO2. The second kappa shape index (κ2) is 5.56. The normalized spacial score (nSPS) is 15.4. The summed E-state index contributed by atoms with van der Waals surface area (Å²) in [5, 5.41) is 3.36. The summed E-state index contributed by atoms with van der Waals surface area (Å²) in [4.78, 5) is 0. The fourth-order valence-corrected chi connectivity index (χ4v) is 1.68. The van der Waals surface area contributed by atoms with Gasteiger partial charge in [-0.15, -0.1) is 0 Å². The minimum Gasteiger partial charge on any atom is -0.497 e. The van der Waals surface area contributed by atoms with Gasteiger partial charge < -0.3 is 14.8 Å². The van der Waals surface area contributed by atoms with Gasteiger partial charge in [0.2, 0.25) is 0 Å². The third-order valence-electron chi connectivity index (χ3n) is 2.57. The van der Waals surface area contributed by atoms with Gasteiger partial charge in [-0.1, -0.05) is 12.1 Å². The molecule has 0 unspecified atom stereocenters. The first-order valence-corrected chi connectivity index (χ1v) is 5.52. The maximum atomic E-state index is 5.38. The van der Waals surface area contributed by atoms with Gasteiger partial charge in [0.15, 0.2) is 0 Å². The highest BCUT2D eigenvalue weighted by Gasteiger charge is 2.03. The summed E-state index contributed by atoms with van der Waals surface area (Å²) in [5.41, 5.74) is 2.39. The van der Waals surface area contributed by atoms with E-state index in [1.165, 1.54) is 5.57 Å². The predicted octanol–water partition coefficient (Wildman–Crippen LogP) is 2.45. The van der Waals surface area contributed by atoms with E-state index in [1.54, 1.807) is 7.11 Å².